The van der Waals surface area contributed by atoms with Gasteiger partial charge in [-0.15, -0.1) is 0 Å². The first-order valence-corrected chi connectivity index (χ1v) is 5.54. The van der Waals surface area contributed by atoms with Crippen molar-refractivity contribution >= 4 is 22.5 Å². The van der Waals surface area contributed by atoms with Gasteiger partial charge >= 0.3 is 0 Å². The maximum atomic E-state index is 10.7. The molecule has 19 heavy (non-hydrogen) atoms. The molecule has 0 saturated carbocycles. The predicted octanol–water partition coefficient (Wildman–Crippen LogP) is 2.99. The average molecular weight is 255 g/mol. The monoisotopic (exact) mass is 255 g/mol. The van der Waals surface area contributed by atoms with Crippen molar-refractivity contribution in [2.45, 2.75) is 0 Å². The van der Waals surface area contributed by atoms with E-state index in [4.69, 9.17) is 10.2 Å². The number of hydrogen-bond acceptors (Lipinski definition) is 5. The number of nitrogen functional groups attached to an aromatic ring is 1. The normalized spacial score (nSPS) is 10.7. The fraction of sp³-hybridized carbons (Fsp3) is 0. The number of anilines is 1. The summed E-state index contributed by atoms with van der Waals surface area (Å²) in [5, 5.41) is 10.7. The summed E-state index contributed by atoms with van der Waals surface area (Å²) in [7, 11) is 0. The molecule has 0 radical (unpaired) electrons. The molecule has 0 fully saturated rings. The van der Waals surface area contributed by atoms with Gasteiger partial charge in [0.1, 0.15) is 5.52 Å². The average Bonchev–Trinajstić information content (AvgIpc) is 2.81. The SMILES string of the molecule is Nc1ccc2nc(-c3cccc([N+](=O)[O-])c3)oc2c1. The summed E-state index contributed by atoms with van der Waals surface area (Å²) in [6.45, 7) is 0. The molecule has 1 aromatic heterocycles. The van der Waals surface area contributed by atoms with Crippen molar-refractivity contribution in [2.24, 2.45) is 0 Å². The number of benzene rings is 2. The fourth-order valence-corrected chi connectivity index (χ4v) is 1.82. The molecule has 94 valence electrons. The van der Waals surface area contributed by atoms with Gasteiger partial charge in [-0.25, -0.2) is 4.98 Å². The number of aromatic nitrogens is 1. The zero-order valence-corrected chi connectivity index (χ0v) is 9.74. The molecule has 3 aromatic rings. The van der Waals surface area contributed by atoms with Crippen LogP contribution in [0.4, 0.5) is 11.4 Å². The minimum atomic E-state index is -0.454. The highest BCUT2D eigenvalue weighted by atomic mass is 16.6. The van der Waals surface area contributed by atoms with Gasteiger partial charge in [0.2, 0.25) is 5.89 Å². The van der Waals surface area contributed by atoms with Crippen LogP contribution >= 0.6 is 0 Å². The lowest BCUT2D eigenvalue weighted by Gasteiger charge is -1.95. The lowest BCUT2D eigenvalue weighted by molar-refractivity contribution is -0.384. The fourth-order valence-electron chi connectivity index (χ4n) is 1.82. The second-order valence-electron chi connectivity index (χ2n) is 4.05. The minimum absolute atomic E-state index is 0.000676. The zero-order chi connectivity index (χ0) is 13.4. The third-order valence-electron chi connectivity index (χ3n) is 2.72. The summed E-state index contributed by atoms with van der Waals surface area (Å²) >= 11 is 0. The summed E-state index contributed by atoms with van der Waals surface area (Å²) in [6.07, 6.45) is 0. The molecule has 3 rings (SSSR count). The van der Waals surface area contributed by atoms with Gasteiger partial charge in [-0.05, 0) is 18.2 Å². The molecule has 0 saturated heterocycles. The molecular formula is C13H9N3O3. The number of nitrogens with zero attached hydrogens (tertiary/aromatic N) is 2. The van der Waals surface area contributed by atoms with Gasteiger partial charge in [0.05, 0.1) is 4.92 Å². The number of oxazole rings is 1. The van der Waals surface area contributed by atoms with Crippen LogP contribution in [0.3, 0.4) is 0 Å². The summed E-state index contributed by atoms with van der Waals surface area (Å²) in [5.74, 6) is 0.337. The smallest absolute Gasteiger partial charge is 0.270 e. The maximum Gasteiger partial charge on any atom is 0.270 e. The summed E-state index contributed by atoms with van der Waals surface area (Å²) < 4.78 is 5.56. The van der Waals surface area contributed by atoms with E-state index in [-0.39, 0.29) is 5.69 Å². The molecule has 0 unspecified atom stereocenters. The molecular weight excluding hydrogens is 246 g/mol. The van der Waals surface area contributed by atoms with Gasteiger partial charge in [-0.3, -0.25) is 10.1 Å². The first-order valence-electron chi connectivity index (χ1n) is 5.54. The van der Waals surface area contributed by atoms with E-state index >= 15 is 0 Å². The summed E-state index contributed by atoms with van der Waals surface area (Å²) in [4.78, 5) is 14.6. The van der Waals surface area contributed by atoms with Crippen LogP contribution in [0.5, 0.6) is 0 Å². The van der Waals surface area contributed by atoms with E-state index in [2.05, 4.69) is 4.98 Å². The molecule has 6 heteroatoms. The van der Waals surface area contributed by atoms with E-state index in [1.54, 1.807) is 30.3 Å². The van der Waals surface area contributed by atoms with Gasteiger partial charge in [0.15, 0.2) is 5.58 Å². The van der Waals surface area contributed by atoms with Gasteiger partial charge in [-0.2, -0.15) is 0 Å². The van der Waals surface area contributed by atoms with Gasteiger partial charge < -0.3 is 10.2 Å². The molecule has 0 aliphatic rings. The Balaban J connectivity index is 2.13. The Kier molecular flexibility index (Phi) is 2.42. The first kappa shape index (κ1) is 11.2. The molecule has 0 spiro atoms. The van der Waals surface area contributed by atoms with Gasteiger partial charge in [0, 0.05) is 29.4 Å². The molecule has 6 nitrogen and oxygen atoms in total. The molecule has 0 bridgehead atoms. The zero-order valence-electron chi connectivity index (χ0n) is 9.74. The van der Waals surface area contributed by atoms with Crippen molar-refractivity contribution in [3.8, 4) is 11.5 Å². The van der Waals surface area contributed by atoms with Crippen LogP contribution in [0, 0.1) is 10.1 Å². The standard InChI is InChI=1S/C13H9N3O3/c14-9-4-5-11-12(7-9)19-13(15-11)8-2-1-3-10(6-8)16(17)18/h1-7H,14H2. The highest BCUT2D eigenvalue weighted by molar-refractivity contribution is 5.79. The van der Waals surface area contributed by atoms with E-state index in [1.165, 1.54) is 12.1 Å². The Morgan fingerprint density at radius 3 is 2.84 bits per heavy atom. The number of nitro benzene ring substituents is 1. The van der Waals surface area contributed by atoms with Crippen LogP contribution in [0.25, 0.3) is 22.6 Å². The lowest BCUT2D eigenvalue weighted by atomic mass is 10.2. The second kappa shape index (κ2) is 4.09. The molecule has 0 amide bonds. The van der Waals surface area contributed by atoms with Crippen molar-refractivity contribution in [3.63, 3.8) is 0 Å². The molecule has 2 aromatic carbocycles. The highest BCUT2D eigenvalue weighted by Crippen LogP contribution is 2.27. The Morgan fingerprint density at radius 2 is 2.05 bits per heavy atom. The Hall–Kier alpha value is -2.89. The van der Waals surface area contributed by atoms with Crippen molar-refractivity contribution in [3.05, 3.63) is 52.6 Å². The third kappa shape index (κ3) is 1.99. The van der Waals surface area contributed by atoms with Crippen LogP contribution < -0.4 is 5.73 Å². The van der Waals surface area contributed by atoms with Crippen molar-refractivity contribution < 1.29 is 9.34 Å². The van der Waals surface area contributed by atoms with Crippen LogP contribution in [0.2, 0.25) is 0 Å². The van der Waals surface area contributed by atoms with Crippen LogP contribution in [-0.4, -0.2) is 9.91 Å². The summed E-state index contributed by atoms with van der Waals surface area (Å²) in [5.41, 5.74) is 8.01. The topological polar surface area (TPSA) is 95.2 Å². The maximum absolute atomic E-state index is 10.7. The highest BCUT2D eigenvalue weighted by Gasteiger charge is 2.12. The lowest BCUT2D eigenvalue weighted by Crippen LogP contribution is -1.87. The van der Waals surface area contributed by atoms with E-state index < -0.39 is 4.92 Å². The third-order valence-corrected chi connectivity index (χ3v) is 2.72. The first-order chi connectivity index (χ1) is 9.13. The van der Waals surface area contributed by atoms with Gasteiger partial charge in [0.25, 0.3) is 5.69 Å². The molecule has 2 N–H and O–H groups in total. The quantitative estimate of drug-likeness (QED) is 0.431. The van der Waals surface area contributed by atoms with E-state index in [9.17, 15) is 10.1 Å². The predicted molar refractivity (Wildman–Crippen MR) is 70.5 cm³/mol. The van der Waals surface area contributed by atoms with Crippen molar-refractivity contribution in [1.29, 1.82) is 0 Å². The van der Waals surface area contributed by atoms with Crippen molar-refractivity contribution in [1.82, 2.24) is 4.98 Å². The molecule has 0 aliphatic carbocycles. The Labute approximate surface area is 107 Å². The number of fused-ring (bicyclic) bond motifs is 1. The molecule has 1 heterocycles. The van der Waals surface area contributed by atoms with E-state index in [0.717, 1.165) is 0 Å². The number of non-ortho nitro benzene ring substituents is 1. The summed E-state index contributed by atoms with van der Waals surface area (Å²) in [6, 6.07) is 11.3. The largest absolute Gasteiger partial charge is 0.436 e. The molecule has 0 aliphatic heterocycles. The second-order valence-corrected chi connectivity index (χ2v) is 4.05. The van der Waals surface area contributed by atoms with Crippen molar-refractivity contribution in [2.75, 3.05) is 5.73 Å². The van der Waals surface area contributed by atoms with Gasteiger partial charge in [-0.1, -0.05) is 6.07 Å². The van der Waals surface area contributed by atoms with Crippen LogP contribution in [0.15, 0.2) is 46.9 Å². The van der Waals surface area contributed by atoms with Crippen LogP contribution in [0.1, 0.15) is 0 Å². The number of hydrogen-bond donors (Lipinski definition) is 1. The Morgan fingerprint density at radius 1 is 1.21 bits per heavy atom. The molecule has 0 atom stereocenters. The number of nitrogens with two attached hydrogens (primary N) is 1. The number of nitro groups is 1. The van der Waals surface area contributed by atoms with Crippen LogP contribution in [-0.2, 0) is 0 Å². The Bertz CT molecular complexity index is 780. The van der Waals surface area contributed by atoms with E-state index in [1.807, 2.05) is 0 Å². The van der Waals surface area contributed by atoms with E-state index in [0.29, 0.717) is 28.2 Å². The number of rotatable bonds is 2. The minimum Gasteiger partial charge on any atom is -0.436 e.